The largest absolute Gasteiger partial charge is 0.436 e. The fourth-order valence-corrected chi connectivity index (χ4v) is 3.01. The topological polar surface area (TPSA) is 106 Å². The van der Waals surface area contributed by atoms with Gasteiger partial charge in [0.05, 0.1) is 0 Å². The SMILES string of the molecule is Cc1ccc2oc(-c3ccc(N)cc3)nc2c1S(=O)(=O)O. The van der Waals surface area contributed by atoms with E-state index < -0.39 is 10.1 Å². The number of aryl methyl sites for hydroxylation is 1. The number of anilines is 1. The first-order chi connectivity index (χ1) is 9.86. The molecule has 3 aromatic rings. The molecule has 7 heteroatoms. The zero-order valence-corrected chi connectivity index (χ0v) is 11.9. The van der Waals surface area contributed by atoms with Crippen LogP contribution >= 0.6 is 0 Å². The predicted molar refractivity (Wildman–Crippen MR) is 78.4 cm³/mol. The molecule has 2 aromatic carbocycles. The van der Waals surface area contributed by atoms with Crippen molar-refractivity contribution in [3.63, 3.8) is 0 Å². The van der Waals surface area contributed by atoms with Gasteiger partial charge in [-0.3, -0.25) is 4.55 Å². The first kappa shape index (κ1) is 13.6. The van der Waals surface area contributed by atoms with Crippen molar-refractivity contribution < 1.29 is 17.4 Å². The Labute approximate surface area is 121 Å². The highest BCUT2D eigenvalue weighted by molar-refractivity contribution is 7.86. The summed E-state index contributed by atoms with van der Waals surface area (Å²) in [7, 11) is -4.38. The van der Waals surface area contributed by atoms with Crippen LogP contribution in [0.2, 0.25) is 0 Å². The lowest BCUT2D eigenvalue weighted by atomic mass is 10.2. The highest BCUT2D eigenvalue weighted by Gasteiger charge is 2.21. The third-order valence-corrected chi connectivity index (χ3v) is 4.16. The summed E-state index contributed by atoms with van der Waals surface area (Å²) in [6.45, 7) is 1.58. The molecule has 108 valence electrons. The predicted octanol–water partition coefficient (Wildman–Crippen LogP) is 2.63. The van der Waals surface area contributed by atoms with Gasteiger partial charge in [0.2, 0.25) is 5.89 Å². The minimum atomic E-state index is -4.38. The van der Waals surface area contributed by atoms with E-state index in [0.29, 0.717) is 22.4 Å². The van der Waals surface area contributed by atoms with Crippen LogP contribution in [-0.4, -0.2) is 18.0 Å². The van der Waals surface area contributed by atoms with Crippen LogP contribution in [0.4, 0.5) is 5.69 Å². The number of nitrogen functional groups attached to an aromatic ring is 1. The van der Waals surface area contributed by atoms with Crippen molar-refractivity contribution >= 4 is 26.9 Å². The zero-order chi connectivity index (χ0) is 15.2. The zero-order valence-electron chi connectivity index (χ0n) is 11.1. The Bertz CT molecular complexity index is 928. The van der Waals surface area contributed by atoms with E-state index >= 15 is 0 Å². The summed E-state index contributed by atoms with van der Waals surface area (Å²) in [5.41, 5.74) is 7.70. The molecule has 21 heavy (non-hydrogen) atoms. The molecule has 0 aliphatic carbocycles. The normalized spacial score (nSPS) is 11.9. The van der Waals surface area contributed by atoms with E-state index in [2.05, 4.69) is 4.98 Å². The summed E-state index contributed by atoms with van der Waals surface area (Å²) in [4.78, 5) is 3.96. The number of hydrogen-bond acceptors (Lipinski definition) is 5. The average molecular weight is 304 g/mol. The molecule has 0 saturated heterocycles. The third kappa shape index (κ3) is 2.37. The monoisotopic (exact) mass is 304 g/mol. The van der Waals surface area contributed by atoms with Crippen LogP contribution in [0.3, 0.4) is 0 Å². The van der Waals surface area contributed by atoms with Gasteiger partial charge in [0, 0.05) is 11.3 Å². The number of rotatable bonds is 2. The van der Waals surface area contributed by atoms with E-state index in [1.54, 1.807) is 43.3 Å². The minimum Gasteiger partial charge on any atom is -0.436 e. The summed E-state index contributed by atoms with van der Waals surface area (Å²) in [5.74, 6) is 0.264. The van der Waals surface area contributed by atoms with Crippen molar-refractivity contribution in [1.82, 2.24) is 4.98 Å². The number of hydrogen-bond donors (Lipinski definition) is 2. The quantitative estimate of drug-likeness (QED) is 0.557. The van der Waals surface area contributed by atoms with Gasteiger partial charge < -0.3 is 10.2 Å². The molecule has 0 atom stereocenters. The van der Waals surface area contributed by atoms with E-state index in [-0.39, 0.29) is 16.3 Å². The van der Waals surface area contributed by atoms with Gasteiger partial charge in [-0.1, -0.05) is 6.07 Å². The number of nitrogens with zero attached hydrogens (tertiary/aromatic N) is 1. The maximum absolute atomic E-state index is 11.5. The number of nitrogens with two attached hydrogens (primary N) is 1. The Morgan fingerprint density at radius 3 is 2.43 bits per heavy atom. The lowest BCUT2D eigenvalue weighted by molar-refractivity contribution is 0.483. The molecule has 0 saturated carbocycles. The minimum absolute atomic E-state index is 0.115. The van der Waals surface area contributed by atoms with Gasteiger partial charge in [-0.15, -0.1) is 0 Å². The lowest BCUT2D eigenvalue weighted by Crippen LogP contribution is -2.01. The Hall–Kier alpha value is -2.38. The van der Waals surface area contributed by atoms with Crippen LogP contribution in [0.15, 0.2) is 45.7 Å². The number of benzene rings is 2. The molecule has 1 heterocycles. The molecule has 6 nitrogen and oxygen atoms in total. The molecule has 0 spiro atoms. The molecule has 0 unspecified atom stereocenters. The molecule has 0 amide bonds. The van der Waals surface area contributed by atoms with Gasteiger partial charge in [-0.05, 0) is 42.8 Å². The fraction of sp³-hybridized carbons (Fsp3) is 0.0714. The second-order valence-corrected chi connectivity index (χ2v) is 6.03. The smallest absolute Gasteiger partial charge is 0.297 e. The van der Waals surface area contributed by atoms with Crippen LogP contribution in [-0.2, 0) is 10.1 Å². The van der Waals surface area contributed by atoms with Crippen molar-refractivity contribution in [2.24, 2.45) is 0 Å². The second kappa shape index (κ2) is 4.57. The highest BCUT2D eigenvalue weighted by Crippen LogP contribution is 2.30. The van der Waals surface area contributed by atoms with Crippen molar-refractivity contribution in [2.45, 2.75) is 11.8 Å². The molecule has 0 aliphatic rings. The number of fused-ring (bicyclic) bond motifs is 1. The van der Waals surface area contributed by atoms with Gasteiger partial charge in [0.25, 0.3) is 10.1 Å². The third-order valence-electron chi connectivity index (χ3n) is 3.13. The molecular weight excluding hydrogens is 292 g/mol. The van der Waals surface area contributed by atoms with E-state index in [0.717, 1.165) is 0 Å². The molecule has 3 N–H and O–H groups in total. The molecule has 1 aromatic heterocycles. The maximum Gasteiger partial charge on any atom is 0.297 e. The van der Waals surface area contributed by atoms with Crippen molar-refractivity contribution in [3.8, 4) is 11.5 Å². The van der Waals surface area contributed by atoms with Gasteiger partial charge in [-0.25, -0.2) is 4.98 Å². The van der Waals surface area contributed by atoms with Crippen molar-refractivity contribution in [1.29, 1.82) is 0 Å². The molecule has 0 bridgehead atoms. The maximum atomic E-state index is 11.5. The van der Waals surface area contributed by atoms with Gasteiger partial charge in [0.15, 0.2) is 5.58 Å². The Balaban J connectivity index is 2.28. The van der Waals surface area contributed by atoms with Gasteiger partial charge in [-0.2, -0.15) is 8.42 Å². The molecular formula is C14H12N2O4S. The van der Waals surface area contributed by atoms with E-state index in [4.69, 9.17) is 10.2 Å². The molecule has 0 aliphatic heterocycles. The highest BCUT2D eigenvalue weighted by atomic mass is 32.2. The molecule has 3 rings (SSSR count). The summed E-state index contributed by atoms with van der Waals surface area (Å²) in [6.07, 6.45) is 0. The second-order valence-electron chi connectivity index (χ2n) is 4.67. The van der Waals surface area contributed by atoms with E-state index in [1.165, 1.54) is 0 Å². The summed E-state index contributed by atoms with van der Waals surface area (Å²) < 4.78 is 37.9. The van der Waals surface area contributed by atoms with Crippen LogP contribution in [0, 0.1) is 6.92 Å². The summed E-state index contributed by atoms with van der Waals surface area (Å²) in [6, 6.07) is 10.0. The Morgan fingerprint density at radius 1 is 1.14 bits per heavy atom. The number of aromatic nitrogens is 1. The average Bonchev–Trinajstić information content (AvgIpc) is 2.81. The van der Waals surface area contributed by atoms with Crippen molar-refractivity contribution in [3.05, 3.63) is 42.0 Å². The lowest BCUT2D eigenvalue weighted by Gasteiger charge is -2.01. The van der Waals surface area contributed by atoms with Gasteiger partial charge in [0.1, 0.15) is 10.4 Å². The summed E-state index contributed by atoms with van der Waals surface area (Å²) in [5, 5.41) is 0. The van der Waals surface area contributed by atoms with Crippen LogP contribution in [0.5, 0.6) is 0 Å². The fourth-order valence-electron chi connectivity index (χ4n) is 2.15. The Morgan fingerprint density at radius 2 is 1.81 bits per heavy atom. The van der Waals surface area contributed by atoms with Gasteiger partial charge >= 0.3 is 0 Å². The first-order valence-electron chi connectivity index (χ1n) is 6.10. The van der Waals surface area contributed by atoms with Crippen LogP contribution in [0.25, 0.3) is 22.6 Å². The molecule has 0 fully saturated rings. The molecule has 0 radical (unpaired) electrons. The standard InChI is InChI=1S/C14H12N2O4S/c1-8-2-7-11-12(13(8)21(17,18)19)16-14(20-11)9-3-5-10(15)6-4-9/h2-7H,15H2,1H3,(H,17,18,19). The van der Waals surface area contributed by atoms with E-state index in [1.807, 2.05) is 0 Å². The van der Waals surface area contributed by atoms with Crippen molar-refractivity contribution in [2.75, 3.05) is 5.73 Å². The summed E-state index contributed by atoms with van der Waals surface area (Å²) >= 11 is 0. The van der Waals surface area contributed by atoms with Crippen LogP contribution < -0.4 is 5.73 Å². The Kier molecular flexibility index (Phi) is 2.96. The van der Waals surface area contributed by atoms with Crippen LogP contribution in [0.1, 0.15) is 5.56 Å². The number of oxazole rings is 1. The van der Waals surface area contributed by atoms with E-state index in [9.17, 15) is 13.0 Å². The first-order valence-corrected chi connectivity index (χ1v) is 7.54.